The van der Waals surface area contributed by atoms with Crippen molar-refractivity contribution in [1.82, 2.24) is 47.4 Å². The summed E-state index contributed by atoms with van der Waals surface area (Å²) in [6.45, 7) is 4.78. The number of hydrogen-bond acceptors (Lipinski definition) is 11. The zero-order valence-electron chi connectivity index (χ0n) is 31.0. The zero-order valence-corrected chi connectivity index (χ0v) is 32.8. The second-order valence-corrected chi connectivity index (χ2v) is 19.6. The fraction of sp³-hybridized carbons (Fsp3) is 0.973. The van der Waals surface area contributed by atoms with Gasteiger partial charge in [-0.1, -0.05) is 44.9 Å². The molecule has 51 heavy (non-hydrogen) atoms. The topological polar surface area (TPSA) is 157 Å². The number of nitrogens with one attached hydrogen (secondary N) is 9. The maximum atomic E-state index is 12.9. The van der Waals surface area contributed by atoms with Crippen molar-refractivity contribution in [2.45, 2.75) is 157 Å². The first kappa shape index (κ1) is 39.3. The van der Waals surface area contributed by atoms with Crippen molar-refractivity contribution in [3.05, 3.63) is 12.1 Å². The molecule has 0 aromatic heterocycles. The van der Waals surface area contributed by atoms with Crippen LogP contribution in [0.3, 0.4) is 0 Å². The number of sulfonamides is 1. The summed E-state index contributed by atoms with van der Waals surface area (Å²) in [6, 6.07) is 0. The average molecular weight is 781 g/mol. The Kier molecular flexibility index (Phi) is 12.8. The number of fused-ring (bicyclic) bond motifs is 20. The van der Waals surface area contributed by atoms with Gasteiger partial charge in [-0.05, 0) is 113 Å². The Bertz CT molecular complexity index is 1260. The van der Waals surface area contributed by atoms with Gasteiger partial charge in [0, 0.05) is 11.2 Å². The van der Waals surface area contributed by atoms with E-state index in [1.165, 1.54) is 77.0 Å². The van der Waals surface area contributed by atoms with Gasteiger partial charge in [-0.15, -0.1) is 0 Å². The molecule has 9 N–H and O–H groups in total. The summed E-state index contributed by atoms with van der Waals surface area (Å²) in [6.07, 6.45) is 20.2. The van der Waals surface area contributed by atoms with E-state index < -0.39 is 15.3 Å². The fourth-order valence-electron chi connectivity index (χ4n) is 12.7. The first-order valence-electron chi connectivity index (χ1n) is 20.7. The number of hydrogen-bond donors (Lipinski definition) is 8. The Morgan fingerprint density at radius 3 is 1.08 bits per heavy atom. The van der Waals surface area contributed by atoms with Crippen molar-refractivity contribution in [3.8, 4) is 0 Å². The van der Waals surface area contributed by atoms with E-state index in [0.717, 1.165) is 25.8 Å². The molecule has 4 aliphatic carbocycles. The van der Waals surface area contributed by atoms with Crippen molar-refractivity contribution in [2.75, 3.05) is 20.6 Å². The van der Waals surface area contributed by atoms with Gasteiger partial charge in [0.05, 0.1) is 59.3 Å². The van der Waals surface area contributed by atoms with Crippen LogP contribution in [0.4, 0.5) is 0 Å². The predicted octanol–water partition coefficient (Wildman–Crippen LogP) is 2.74. The van der Waals surface area contributed by atoms with Gasteiger partial charge in [0.2, 0.25) is 0 Å². The SMILES string of the molecule is [CH2-]CCN(C)C.[Cu+2].[NH-]S(=O)(=O)C1CCCC2C3NC4NC(NC5NC(NC6NC(NC(N3)C21)C1CCCCC61)C1CCCCC51)C1CCCCC41. The van der Waals surface area contributed by atoms with Gasteiger partial charge in [-0.3, -0.25) is 42.5 Å². The van der Waals surface area contributed by atoms with Crippen LogP contribution in [0.2, 0.25) is 0 Å². The largest absolute Gasteiger partial charge is 2.00 e. The fourth-order valence-corrected chi connectivity index (χ4v) is 13.9. The molecule has 0 spiro atoms. The Morgan fingerprint density at radius 1 is 0.510 bits per heavy atom. The molecule has 9 fully saturated rings. The van der Waals surface area contributed by atoms with Crippen LogP contribution in [-0.4, -0.2) is 88.5 Å². The molecule has 9 aliphatic rings. The van der Waals surface area contributed by atoms with E-state index in [9.17, 15) is 8.42 Å². The Labute approximate surface area is 319 Å². The minimum Gasteiger partial charge on any atom is -0.564 e. The number of nitrogens with zero attached hydrogens (tertiary/aromatic N) is 1. The standard InChI is InChI=1S/C32H56N9O2S.C5H12N.Cu/c33-44(42,43)23-15-7-14-22-24(23)32-40-30-21-13-6-5-12-20(21)28(38-30)36-26-17-9-2-1-8-16(17)25(34-26)35-27-18-10-3-4-11-19(18)29(37-27)39-31(22)41-32;1-4-5-6(2)3;/h16-32,34-41H,1-15H2,(H-,33,42,43);1,4-5H2,2-3H3;/q2*-1;+2. The second-order valence-electron chi connectivity index (χ2n) is 17.9. The summed E-state index contributed by atoms with van der Waals surface area (Å²) in [4.78, 5) is 2.12. The third-order valence-electron chi connectivity index (χ3n) is 14.8. The summed E-state index contributed by atoms with van der Waals surface area (Å²) in [5.41, 5.74) is 0. The monoisotopic (exact) mass is 779 g/mol. The maximum absolute atomic E-state index is 12.9. The molecule has 9 rings (SSSR count). The Hall–Kier alpha value is 0.0695. The Balaban J connectivity index is 0.000000537. The Morgan fingerprint density at radius 2 is 0.804 bits per heavy atom. The van der Waals surface area contributed by atoms with Crippen molar-refractivity contribution in [3.63, 3.8) is 0 Å². The quantitative estimate of drug-likeness (QED) is 0.158. The molecular weight excluding hydrogens is 712 g/mol. The molecule has 1 radical (unpaired) electrons. The van der Waals surface area contributed by atoms with Crippen molar-refractivity contribution in [1.29, 1.82) is 0 Å². The van der Waals surface area contributed by atoms with E-state index in [0.29, 0.717) is 54.3 Å². The first-order chi connectivity index (χ1) is 24.2. The maximum Gasteiger partial charge on any atom is 2.00 e. The molecule has 5 heterocycles. The summed E-state index contributed by atoms with van der Waals surface area (Å²) in [5, 5.41) is 40.2. The summed E-state index contributed by atoms with van der Waals surface area (Å²) in [7, 11) is 0.188. The summed E-state index contributed by atoms with van der Waals surface area (Å²) in [5.74, 6) is 3.67. The molecule has 4 saturated carbocycles. The molecule has 5 saturated heterocycles. The van der Waals surface area contributed by atoms with Gasteiger partial charge < -0.3 is 17.0 Å². The van der Waals surface area contributed by atoms with Crippen LogP contribution in [0.1, 0.15) is 103 Å². The van der Waals surface area contributed by atoms with Gasteiger partial charge in [-0.25, -0.2) is 8.42 Å². The predicted molar refractivity (Wildman–Crippen MR) is 198 cm³/mol. The smallest absolute Gasteiger partial charge is 0.564 e. The normalized spacial score (nSPS) is 49.1. The molecule has 12 nitrogen and oxygen atoms in total. The van der Waals surface area contributed by atoms with Crippen LogP contribution < -0.4 is 42.5 Å². The molecule has 0 amide bonds. The van der Waals surface area contributed by atoms with Gasteiger partial charge >= 0.3 is 17.1 Å². The van der Waals surface area contributed by atoms with E-state index in [4.69, 9.17) is 5.14 Å². The summed E-state index contributed by atoms with van der Waals surface area (Å²) < 4.78 is 25.9. The van der Waals surface area contributed by atoms with Crippen LogP contribution >= 0.6 is 0 Å². The van der Waals surface area contributed by atoms with Crippen LogP contribution in [0, 0.1) is 54.3 Å². The molecule has 17 unspecified atom stereocenters. The molecule has 5 aliphatic heterocycles. The van der Waals surface area contributed by atoms with E-state index in [2.05, 4.69) is 54.4 Å². The minimum absolute atomic E-state index is 0. The van der Waals surface area contributed by atoms with Crippen LogP contribution in [0.5, 0.6) is 0 Å². The van der Waals surface area contributed by atoms with Crippen LogP contribution in [-0.2, 0) is 27.1 Å². The molecule has 0 aromatic carbocycles. The van der Waals surface area contributed by atoms with E-state index in [1.54, 1.807) is 0 Å². The van der Waals surface area contributed by atoms with Gasteiger partial charge in [0.1, 0.15) is 0 Å². The van der Waals surface area contributed by atoms with E-state index in [-0.39, 0.29) is 65.9 Å². The molecule has 295 valence electrons. The molecule has 17 atom stereocenters. The zero-order chi connectivity index (χ0) is 34.6. The van der Waals surface area contributed by atoms with Crippen LogP contribution in [0.15, 0.2) is 0 Å². The molecule has 8 bridgehead atoms. The first-order valence-corrected chi connectivity index (χ1v) is 22.2. The van der Waals surface area contributed by atoms with Gasteiger partial charge in [-0.2, -0.15) is 6.42 Å². The third kappa shape index (κ3) is 8.03. The number of rotatable bonds is 3. The molecular formula is C37H68CuN10O2S. The molecule has 14 heteroatoms. The van der Waals surface area contributed by atoms with Crippen molar-refractivity contribution in [2.24, 2.45) is 47.3 Å². The van der Waals surface area contributed by atoms with E-state index >= 15 is 0 Å². The van der Waals surface area contributed by atoms with Gasteiger partial charge in [0.25, 0.3) is 0 Å². The average Bonchev–Trinajstić information content (AvgIpc) is 3.84. The van der Waals surface area contributed by atoms with E-state index in [1.807, 2.05) is 14.1 Å². The summed E-state index contributed by atoms with van der Waals surface area (Å²) >= 11 is 0. The molecule has 0 aromatic rings. The second kappa shape index (κ2) is 16.7. The van der Waals surface area contributed by atoms with Crippen molar-refractivity contribution >= 4 is 10.0 Å². The minimum atomic E-state index is -3.91. The third-order valence-corrected chi connectivity index (χ3v) is 16.2. The van der Waals surface area contributed by atoms with Crippen LogP contribution in [0.25, 0.3) is 5.14 Å². The van der Waals surface area contributed by atoms with Crippen molar-refractivity contribution < 1.29 is 25.5 Å². The van der Waals surface area contributed by atoms with Gasteiger partial charge in [0.15, 0.2) is 0 Å².